The first-order valence-corrected chi connectivity index (χ1v) is 13.2. The van der Waals surface area contributed by atoms with Gasteiger partial charge in [0.05, 0.1) is 24.3 Å². The van der Waals surface area contributed by atoms with Crippen molar-refractivity contribution in [1.29, 1.82) is 0 Å². The van der Waals surface area contributed by atoms with E-state index in [2.05, 4.69) is 109 Å². The highest BCUT2D eigenvalue weighted by molar-refractivity contribution is 5.93. The van der Waals surface area contributed by atoms with E-state index in [1.807, 2.05) is 31.2 Å². The Kier molecular flexibility index (Phi) is 7.60. The predicted molar refractivity (Wildman–Crippen MR) is 155 cm³/mol. The number of hydrogen-bond acceptors (Lipinski definition) is 4. The summed E-state index contributed by atoms with van der Waals surface area (Å²) in [5, 5.41) is 3.63. The van der Waals surface area contributed by atoms with Gasteiger partial charge in [0.25, 0.3) is 0 Å². The van der Waals surface area contributed by atoms with Crippen LogP contribution >= 0.6 is 0 Å². The topological polar surface area (TPSA) is 41.6 Å². The molecular weight excluding hydrogens is 468 g/mol. The van der Waals surface area contributed by atoms with Crippen LogP contribution in [0.3, 0.4) is 0 Å². The molecule has 0 amide bonds. The third kappa shape index (κ3) is 5.35. The molecule has 1 heterocycles. The van der Waals surface area contributed by atoms with Crippen LogP contribution in [0, 0.1) is 13.8 Å². The van der Waals surface area contributed by atoms with Crippen molar-refractivity contribution >= 4 is 17.3 Å². The molecule has 0 fully saturated rings. The molecule has 0 saturated heterocycles. The summed E-state index contributed by atoms with van der Waals surface area (Å²) in [6.07, 6.45) is 0.628. The molecule has 4 nitrogen and oxygen atoms in total. The third-order valence-electron chi connectivity index (χ3n) is 7.08. The molecule has 192 valence electrons. The molecule has 0 saturated carbocycles. The van der Waals surface area contributed by atoms with Gasteiger partial charge in [0, 0.05) is 23.5 Å². The molecule has 4 aromatic rings. The van der Waals surface area contributed by atoms with Gasteiger partial charge in [0.2, 0.25) is 0 Å². The summed E-state index contributed by atoms with van der Waals surface area (Å²) in [6, 6.07) is 37.3. The van der Waals surface area contributed by atoms with Crippen LogP contribution in [0.25, 0.3) is 0 Å². The summed E-state index contributed by atoms with van der Waals surface area (Å²) in [5.74, 6) is -0.292. The van der Waals surface area contributed by atoms with Gasteiger partial charge in [-0.15, -0.1) is 0 Å². The molecular formula is C34H34N2O2. The predicted octanol–water partition coefficient (Wildman–Crippen LogP) is 7.93. The minimum atomic E-state index is -0.343. The standard InChI is InChI=1S/C34H34N2O2/c1-4-38-34(37)32-30(35-28-19-15-24(2)16-20-28)23-31(26-11-7-5-8-12-26)36(29-21-17-25(3)18-22-29)33(32)27-13-9-6-10-14-27/h5-22,31,33,35H,4,23H2,1-3H3. The van der Waals surface area contributed by atoms with Crippen molar-refractivity contribution in [3.63, 3.8) is 0 Å². The number of benzene rings is 4. The van der Waals surface area contributed by atoms with E-state index >= 15 is 0 Å². The van der Waals surface area contributed by atoms with Crippen LogP contribution in [0.15, 0.2) is 120 Å². The van der Waals surface area contributed by atoms with Crippen molar-refractivity contribution in [2.24, 2.45) is 0 Å². The Hall–Kier alpha value is -4.31. The van der Waals surface area contributed by atoms with Crippen LogP contribution in [0.4, 0.5) is 11.4 Å². The Morgan fingerprint density at radius 3 is 1.92 bits per heavy atom. The minimum Gasteiger partial charge on any atom is -0.463 e. The molecule has 2 atom stereocenters. The van der Waals surface area contributed by atoms with Crippen LogP contribution in [0.5, 0.6) is 0 Å². The Balaban J connectivity index is 1.76. The van der Waals surface area contributed by atoms with Crippen molar-refractivity contribution in [1.82, 2.24) is 0 Å². The molecule has 1 aliphatic heterocycles. The summed E-state index contributed by atoms with van der Waals surface area (Å²) < 4.78 is 5.70. The van der Waals surface area contributed by atoms with Crippen LogP contribution in [0.2, 0.25) is 0 Å². The number of carbonyl (C=O) groups is 1. The second-order valence-corrected chi connectivity index (χ2v) is 9.79. The lowest BCUT2D eigenvalue weighted by Crippen LogP contribution is -2.41. The molecule has 0 aliphatic carbocycles. The number of nitrogens with one attached hydrogen (secondary N) is 1. The lowest BCUT2D eigenvalue weighted by molar-refractivity contribution is -0.139. The van der Waals surface area contributed by atoms with Gasteiger partial charge in [-0.3, -0.25) is 0 Å². The maximum Gasteiger partial charge on any atom is 0.338 e. The lowest BCUT2D eigenvalue weighted by atomic mass is 9.84. The highest BCUT2D eigenvalue weighted by atomic mass is 16.5. The molecule has 4 aromatic carbocycles. The summed E-state index contributed by atoms with van der Waals surface area (Å²) in [5.41, 5.74) is 8.17. The molecule has 0 spiro atoms. The molecule has 5 rings (SSSR count). The van der Waals surface area contributed by atoms with Crippen LogP contribution < -0.4 is 10.2 Å². The van der Waals surface area contributed by atoms with E-state index in [9.17, 15) is 4.79 Å². The Labute approximate surface area is 225 Å². The number of nitrogens with zero attached hydrogens (tertiary/aromatic N) is 1. The zero-order valence-electron chi connectivity index (χ0n) is 22.2. The normalized spacial score (nSPS) is 17.3. The summed E-state index contributed by atoms with van der Waals surface area (Å²) in [7, 11) is 0. The van der Waals surface area contributed by atoms with Crippen molar-refractivity contribution in [3.8, 4) is 0 Å². The summed E-state index contributed by atoms with van der Waals surface area (Å²) in [6.45, 7) is 6.34. The minimum absolute atomic E-state index is 0.00441. The molecule has 1 N–H and O–H groups in total. The van der Waals surface area contributed by atoms with Gasteiger partial charge in [-0.25, -0.2) is 4.79 Å². The molecule has 1 aliphatic rings. The van der Waals surface area contributed by atoms with E-state index in [-0.39, 0.29) is 18.1 Å². The van der Waals surface area contributed by atoms with Crippen molar-refractivity contribution in [3.05, 3.63) is 143 Å². The zero-order chi connectivity index (χ0) is 26.5. The molecule has 4 heteroatoms. The lowest BCUT2D eigenvalue weighted by Gasteiger charge is -2.46. The van der Waals surface area contributed by atoms with Gasteiger partial charge in [-0.1, -0.05) is 96.1 Å². The molecule has 0 aromatic heterocycles. The Morgan fingerprint density at radius 1 is 0.789 bits per heavy atom. The van der Waals surface area contributed by atoms with Crippen LogP contribution in [0.1, 0.15) is 47.7 Å². The fourth-order valence-corrected chi connectivity index (χ4v) is 5.22. The van der Waals surface area contributed by atoms with E-state index < -0.39 is 0 Å². The van der Waals surface area contributed by atoms with E-state index in [4.69, 9.17) is 4.74 Å². The smallest absolute Gasteiger partial charge is 0.338 e. The fraction of sp³-hybridized carbons (Fsp3) is 0.206. The monoisotopic (exact) mass is 502 g/mol. The second-order valence-electron chi connectivity index (χ2n) is 9.79. The van der Waals surface area contributed by atoms with Gasteiger partial charge in [0.1, 0.15) is 0 Å². The summed E-state index contributed by atoms with van der Waals surface area (Å²) in [4.78, 5) is 16.1. The highest BCUT2D eigenvalue weighted by Crippen LogP contribution is 2.48. The molecule has 38 heavy (non-hydrogen) atoms. The van der Waals surface area contributed by atoms with E-state index in [0.29, 0.717) is 18.6 Å². The number of carbonyl (C=O) groups excluding carboxylic acids is 1. The first-order chi connectivity index (χ1) is 18.5. The fourth-order valence-electron chi connectivity index (χ4n) is 5.22. The maximum atomic E-state index is 13.8. The SMILES string of the molecule is CCOC(=O)C1=C(Nc2ccc(C)cc2)CC(c2ccccc2)N(c2ccc(C)cc2)C1c1ccccc1. The number of ether oxygens (including phenoxy) is 1. The number of hydrogen-bond donors (Lipinski definition) is 1. The van der Waals surface area contributed by atoms with Gasteiger partial charge in [0.15, 0.2) is 0 Å². The maximum absolute atomic E-state index is 13.8. The average Bonchev–Trinajstić information content (AvgIpc) is 2.95. The van der Waals surface area contributed by atoms with E-state index in [1.165, 1.54) is 16.7 Å². The van der Waals surface area contributed by atoms with Gasteiger partial charge < -0.3 is 15.0 Å². The summed E-state index contributed by atoms with van der Waals surface area (Å²) >= 11 is 0. The quantitative estimate of drug-likeness (QED) is 0.261. The van der Waals surface area contributed by atoms with Crippen molar-refractivity contribution in [2.75, 3.05) is 16.8 Å². The van der Waals surface area contributed by atoms with Crippen molar-refractivity contribution < 1.29 is 9.53 Å². The second kappa shape index (κ2) is 11.4. The number of rotatable bonds is 7. The molecule has 0 bridgehead atoms. The first-order valence-electron chi connectivity index (χ1n) is 13.2. The molecule has 0 radical (unpaired) electrons. The zero-order valence-corrected chi connectivity index (χ0v) is 22.2. The molecule has 2 unspecified atom stereocenters. The van der Waals surface area contributed by atoms with Crippen molar-refractivity contribution in [2.45, 2.75) is 39.3 Å². The average molecular weight is 503 g/mol. The first kappa shape index (κ1) is 25.3. The number of aryl methyl sites for hydroxylation is 2. The highest BCUT2D eigenvalue weighted by Gasteiger charge is 2.41. The van der Waals surface area contributed by atoms with Crippen LogP contribution in [-0.2, 0) is 9.53 Å². The van der Waals surface area contributed by atoms with Crippen LogP contribution in [-0.4, -0.2) is 12.6 Å². The number of anilines is 2. The van der Waals surface area contributed by atoms with E-state index in [0.717, 1.165) is 22.6 Å². The largest absolute Gasteiger partial charge is 0.463 e. The van der Waals surface area contributed by atoms with Gasteiger partial charge >= 0.3 is 5.97 Å². The number of esters is 1. The van der Waals surface area contributed by atoms with Gasteiger partial charge in [-0.2, -0.15) is 0 Å². The Morgan fingerprint density at radius 2 is 1.34 bits per heavy atom. The van der Waals surface area contributed by atoms with Gasteiger partial charge in [-0.05, 0) is 56.2 Å². The third-order valence-corrected chi connectivity index (χ3v) is 7.08. The van der Waals surface area contributed by atoms with E-state index in [1.54, 1.807) is 0 Å². The Bertz CT molecular complexity index is 1390.